The summed E-state index contributed by atoms with van der Waals surface area (Å²) in [5.41, 5.74) is 8.46. The van der Waals surface area contributed by atoms with Crippen molar-refractivity contribution in [1.82, 2.24) is 19.9 Å². The summed E-state index contributed by atoms with van der Waals surface area (Å²) in [5.74, 6) is 1.77. The zero-order chi connectivity index (χ0) is 35.6. The highest BCUT2D eigenvalue weighted by molar-refractivity contribution is 7.22. The fourth-order valence-electron chi connectivity index (χ4n) is 7.44. The lowest BCUT2D eigenvalue weighted by Gasteiger charge is -2.11. The molecule has 0 saturated carbocycles. The van der Waals surface area contributed by atoms with Crippen LogP contribution in [-0.2, 0) is 0 Å². The molecule has 0 spiro atoms. The van der Waals surface area contributed by atoms with Gasteiger partial charge in [-0.05, 0) is 50.9 Å². The highest BCUT2D eigenvalue weighted by Gasteiger charge is 2.23. The molecule has 0 aliphatic rings. The summed E-state index contributed by atoms with van der Waals surface area (Å²) in [6.45, 7) is 0. The number of thiazole rings is 1. The second kappa shape index (κ2) is 12.3. The third kappa shape index (κ3) is 5.15. The van der Waals surface area contributed by atoms with Gasteiger partial charge in [0.25, 0.3) is 0 Å². The van der Waals surface area contributed by atoms with Crippen molar-refractivity contribution >= 4 is 65.0 Å². The molecule has 5 nitrogen and oxygen atoms in total. The largest absolute Gasteiger partial charge is 0.456 e. The summed E-state index contributed by atoms with van der Waals surface area (Å²) < 4.78 is 7.49. The Morgan fingerprint density at radius 3 is 1.72 bits per heavy atom. The molecule has 0 saturated heterocycles. The number of hydrogen-bond donors (Lipinski definition) is 0. The Kier molecular flexibility index (Phi) is 6.97. The van der Waals surface area contributed by atoms with Gasteiger partial charge in [-0.15, -0.1) is 11.3 Å². The maximum absolute atomic E-state index is 6.49. The molecule has 0 aliphatic heterocycles. The van der Waals surface area contributed by atoms with Crippen molar-refractivity contribution in [3.63, 3.8) is 0 Å². The van der Waals surface area contributed by atoms with Crippen molar-refractivity contribution in [2.75, 3.05) is 0 Å². The van der Waals surface area contributed by atoms with Crippen molar-refractivity contribution in [2.45, 2.75) is 0 Å². The predicted molar refractivity (Wildman–Crippen MR) is 222 cm³/mol. The third-order valence-corrected chi connectivity index (χ3v) is 11.3. The highest BCUT2D eigenvalue weighted by atomic mass is 32.1. The van der Waals surface area contributed by atoms with Crippen LogP contribution in [0.25, 0.3) is 110 Å². The molecular weight excluding hydrogens is 681 g/mol. The van der Waals surface area contributed by atoms with E-state index in [9.17, 15) is 0 Å². The van der Waals surface area contributed by atoms with Crippen molar-refractivity contribution in [3.8, 4) is 55.9 Å². The summed E-state index contributed by atoms with van der Waals surface area (Å²) in [5, 5.41) is 7.63. The van der Waals surface area contributed by atoms with Gasteiger partial charge in [0.05, 0.1) is 15.8 Å². The Labute approximate surface area is 313 Å². The molecule has 0 amide bonds. The molecule has 0 bridgehead atoms. The van der Waals surface area contributed by atoms with E-state index in [1.165, 1.54) is 10.8 Å². The van der Waals surface area contributed by atoms with Crippen LogP contribution in [0, 0.1) is 0 Å². The van der Waals surface area contributed by atoms with Crippen molar-refractivity contribution in [3.05, 3.63) is 170 Å². The molecule has 0 aliphatic carbocycles. The van der Waals surface area contributed by atoms with Gasteiger partial charge in [0.1, 0.15) is 16.2 Å². The van der Waals surface area contributed by atoms with Crippen LogP contribution in [0.3, 0.4) is 0 Å². The van der Waals surface area contributed by atoms with E-state index in [0.717, 1.165) is 81.3 Å². The summed E-state index contributed by atoms with van der Waals surface area (Å²) >= 11 is 1.65. The second-order valence-electron chi connectivity index (χ2n) is 13.5. The molecule has 0 unspecified atom stereocenters. The van der Waals surface area contributed by atoms with Crippen molar-refractivity contribution in [1.29, 1.82) is 0 Å². The maximum atomic E-state index is 6.49. The fourth-order valence-corrected chi connectivity index (χ4v) is 8.54. The Hall–Kier alpha value is -7.02. The van der Waals surface area contributed by atoms with E-state index in [1.54, 1.807) is 11.3 Å². The molecular formula is C48H28N4OS. The SMILES string of the molecule is c1ccc(-c2nc3cc4oc5ccccc5c4c(-c4nc(-c5ccc(-c6ccc7ccccc7c6)cc5)nc(-c5ccc6ccccc6c5)n4)c3s2)cc1. The van der Waals surface area contributed by atoms with Gasteiger partial charge >= 0.3 is 0 Å². The molecule has 8 aromatic carbocycles. The Balaban J connectivity index is 1.15. The standard InChI is InChI=1S/C48H28N4OS/c1-2-12-33(13-3-1)48-49-39-28-41-42(38-16-8-9-17-40(38)53-41)43(44(39)54-48)47-51-45(50-46(52-47)37-25-21-30-11-5-7-15-35(30)27-37)32-22-18-31(19-23-32)36-24-20-29-10-4-6-14-34(29)26-36/h1-28H. The fraction of sp³-hybridized carbons (Fsp3) is 0. The van der Waals surface area contributed by atoms with Crippen LogP contribution in [-0.4, -0.2) is 19.9 Å². The van der Waals surface area contributed by atoms with Crippen molar-refractivity contribution in [2.24, 2.45) is 0 Å². The second-order valence-corrected chi connectivity index (χ2v) is 14.5. The normalized spacial score (nSPS) is 11.7. The van der Waals surface area contributed by atoms with Crippen LogP contribution >= 0.6 is 11.3 Å². The minimum atomic E-state index is 0.576. The molecule has 3 heterocycles. The Morgan fingerprint density at radius 1 is 0.389 bits per heavy atom. The number of hydrogen-bond acceptors (Lipinski definition) is 6. The lowest BCUT2D eigenvalue weighted by Crippen LogP contribution is -2.01. The zero-order valence-electron chi connectivity index (χ0n) is 28.8. The van der Waals surface area contributed by atoms with E-state index in [1.807, 2.05) is 36.4 Å². The number of para-hydroxylation sites is 1. The van der Waals surface area contributed by atoms with Crippen LogP contribution in [0.2, 0.25) is 0 Å². The van der Waals surface area contributed by atoms with E-state index in [-0.39, 0.29) is 0 Å². The Bertz CT molecular complexity index is 3220. The molecule has 0 atom stereocenters. The predicted octanol–water partition coefficient (Wildman–Crippen LogP) is 13.0. The summed E-state index contributed by atoms with van der Waals surface area (Å²) in [7, 11) is 0. The van der Waals surface area contributed by atoms with Crippen molar-refractivity contribution < 1.29 is 4.42 Å². The first-order chi connectivity index (χ1) is 26.7. The maximum Gasteiger partial charge on any atom is 0.166 e. The minimum Gasteiger partial charge on any atom is -0.456 e. The molecule has 3 aromatic heterocycles. The van der Waals surface area contributed by atoms with Gasteiger partial charge in [-0.25, -0.2) is 19.9 Å². The molecule has 54 heavy (non-hydrogen) atoms. The number of aromatic nitrogens is 4. The van der Waals surface area contributed by atoms with E-state index in [2.05, 4.69) is 133 Å². The molecule has 0 N–H and O–H groups in total. The van der Waals surface area contributed by atoms with E-state index < -0.39 is 0 Å². The van der Waals surface area contributed by atoms with E-state index in [0.29, 0.717) is 17.5 Å². The summed E-state index contributed by atoms with van der Waals surface area (Å²) in [4.78, 5) is 20.9. The number of benzene rings is 8. The van der Waals surface area contributed by atoms with E-state index >= 15 is 0 Å². The van der Waals surface area contributed by atoms with Gasteiger partial charge in [0.2, 0.25) is 0 Å². The smallest absolute Gasteiger partial charge is 0.166 e. The molecule has 0 fully saturated rings. The van der Waals surface area contributed by atoms with Gasteiger partial charge in [-0.2, -0.15) is 0 Å². The quantitative estimate of drug-likeness (QED) is 0.178. The number of furan rings is 1. The monoisotopic (exact) mass is 708 g/mol. The first-order valence-electron chi connectivity index (χ1n) is 17.9. The molecule has 11 aromatic rings. The molecule has 252 valence electrons. The van der Waals surface area contributed by atoms with E-state index in [4.69, 9.17) is 24.4 Å². The van der Waals surface area contributed by atoms with Crippen LogP contribution in [0.5, 0.6) is 0 Å². The first-order valence-corrected chi connectivity index (χ1v) is 18.7. The Morgan fingerprint density at radius 2 is 0.963 bits per heavy atom. The van der Waals surface area contributed by atoms with Crippen LogP contribution < -0.4 is 0 Å². The molecule has 11 rings (SSSR count). The van der Waals surface area contributed by atoms with Gasteiger partial charge < -0.3 is 4.42 Å². The zero-order valence-corrected chi connectivity index (χ0v) is 29.6. The van der Waals surface area contributed by atoms with Gasteiger partial charge in [0, 0.05) is 33.5 Å². The average Bonchev–Trinajstić information content (AvgIpc) is 3.84. The van der Waals surface area contributed by atoms with Gasteiger partial charge in [0.15, 0.2) is 17.5 Å². The van der Waals surface area contributed by atoms with Crippen LogP contribution in [0.4, 0.5) is 0 Å². The lowest BCUT2D eigenvalue weighted by atomic mass is 10.00. The summed E-state index contributed by atoms with van der Waals surface area (Å²) in [6, 6.07) is 58.8. The number of nitrogens with zero attached hydrogens (tertiary/aromatic N) is 4. The topological polar surface area (TPSA) is 64.7 Å². The molecule has 0 radical (unpaired) electrons. The van der Waals surface area contributed by atoms with Crippen LogP contribution in [0.1, 0.15) is 0 Å². The first kappa shape index (κ1) is 30.6. The minimum absolute atomic E-state index is 0.576. The third-order valence-electron chi connectivity index (χ3n) is 10.1. The summed E-state index contributed by atoms with van der Waals surface area (Å²) in [6.07, 6.45) is 0. The van der Waals surface area contributed by atoms with Crippen LogP contribution in [0.15, 0.2) is 174 Å². The van der Waals surface area contributed by atoms with Gasteiger partial charge in [-0.3, -0.25) is 0 Å². The number of fused-ring (bicyclic) bond motifs is 6. The molecule has 6 heteroatoms. The van der Waals surface area contributed by atoms with Gasteiger partial charge in [-0.1, -0.05) is 146 Å². The number of rotatable bonds is 5. The average molecular weight is 709 g/mol. The lowest BCUT2D eigenvalue weighted by molar-refractivity contribution is 0.669. The highest BCUT2D eigenvalue weighted by Crippen LogP contribution is 2.45.